The number of urea groups is 1. The third kappa shape index (κ3) is 3.20. The van der Waals surface area contributed by atoms with Crippen molar-refractivity contribution < 1.29 is 28.3 Å². The largest absolute Gasteiger partial charge is 0.465 e. The average molecular weight is 382 g/mol. The standard InChI is InChI=1S/C20H18N2O6/c1-11-9-12(19(25)27-4)5-7-14(11)16-8-6-13(28-16)10-15-17(23)21(2)20(26)22(3)18(15)24/h5-10H,1-4H3. The van der Waals surface area contributed by atoms with Gasteiger partial charge < -0.3 is 9.15 Å². The summed E-state index contributed by atoms with van der Waals surface area (Å²) in [5.74, 6) is -1.01. The summed E-state index contributed by atoms with van der Waals surface area (Å²) in [5.41, 5.74) is 1.81. The second-order valence-electron chi connectivity index (χ2n) is 6.29. The molecule has 0 aliphatic carbocycles. The Morgan fingerprint density at radius 2 is 1.68 bits per heavy atom. The number of benzene rings is 1. The Labute approximate surface area is 161 Å². The first-order valence-corrected chi connectivity index (χ1v) is 8.35. The molecule has 8 heteroatoms. The molecule has 0 bridgehead atoms. The number of methoxy groups -OCH3 is 1. The molecule has 4 amide bonds. The molecule has 1 aliphatic rings. The number of rotatable bonds is 3. The van der Waals surface area contributed by atoms with Crippen LogP contribution in [0.25, 0.3) is 17.4 Å². The van der Waals surface area contributed by atoms with Crippen molar-refractivity contribution in [3.63, 3.8) is 0 Å². The number of barbiturate groups is 1. The number of hydrogen-bond donors (Lipinski definition) is 0. The lowest BCUT2D eigenvalue weighted by Gasteiger charge is -2.28. The number of carbonyl (C=O) groups excluding carboxylic acids is 4. The van der Waals surface area contributed by atoms with Gasteiger partial charge in [-0.05, 0) is 42.8 Å². The molecule has 28 heavy (non-hydrogen) atoms. The summed E-state index contributed by atoms with van der Waals surface area (Å²) < 4.78 is 10.5. The van der Waals surface area contributed by atoms with Crippen molar-refractivity contribution in [2.75, 3.05) is 21.2 Å². The fourth-order valence-corrected chi connectivity index (χ4v) is 2.88. The zero-order chi connectivity index (χ0) is 20.6. The van der Waals surface area contributed by atoms with Crippen molar-refractivity contribution in [1.82, 2.24) is 9.80 Å². The van der Waals surface area contributed by atoms with E-state index in [1.807, 2.05) is 6.92 Å². The van der Waals surface area contributed by atoms with Crippen LogP contribution in [-0.2, 0) is 14.3 Å². The molecule has 0 atom stereocenters. The lowest BCUT2D eigenvalue weighted by atomic mass is 10.0. The van der Waals surface area contributed by atoms with Gasteiger partial charge in [0.1, 0.15) is 17.1 Å². The molecule has 0 saturated carbocycles. The van der Waals surface area contributed by atoms with Gasteiger partial charge in [0.25, 0.3) is 11.8 Å². The lowest BCUT2D eigenvalue weighted by Crippen LogP contribution is -2.52. The molecule has 0 N–H and O–H groups in total. The van der Waals surface area contributed by atoms with Gasteiger partial charge in [-0.1, -0.05) is 6.07 Å². The second-order valence-corrected chi connectivity index (χ2v) is 6.29. The smallest absolute Gasteiger partial charge is 0.337 e. The molecule has 1 aromatic heterocycles. The molecular formula is C20H18N2O6. The molecule has 1 aromatic carbocycles. The zero-order valence-corrected chi connectivity index (χ0v) is 15.8. The van der Waals surface area contributed by atoms with Crippen molar-refractivity contribution in [3.8, 4) is 11.3 Å². The van der Waals surface area contributed by atoms with E-state index in [2.05, 4.69) is 0 Å². The molecule has 0 unspecified atom stereocenters. The predicted octanol–water partition coefficient (Wildman–Crippen LogP) is 2.48. The van der Waals surface area contributed by atoms with Crippen molar-refractivity contribution in [2.45, 2.75) is 6.92 Å². The summed E-state index contributed by atoms with van der Waals surface area (Å²) in [4.78, 5) is 49.7. The van der Waals surface area contributed by atoms with E-state index in [9.17, 15) is 19.2 Å². The van der Waals surface area contributed by atoms with E-state index in [-0.39, 0.29) is 5.57 Å². The number of esters is 1. The van der Waals surface area contributed by atoms with Gasteiger partial charge in [0.2, 0.25) is 0 Å². The van der Waals surface area contributed by atoms with Gasteiger partial charge in [0, 0.05) is 19.7 Å². The fraction of sp³-hybridized carbons (Fsp3) is 0.200. The minimum absolute atomic E-state index is 0.164. The van der Waals surface area contributed by atoms with Gasteiger partial charge in [-0.3, -0.25) is 19.4 Å². The van der Waals surface area contributed by atoms with Gasteiger partial charge in [-0.25, -0.2) is 9.59 Å². The van der Waals surface area contributed by atoms with Gasteiger partial charge in [0.15, 0.2) is 0 Å². The van der Waals surface area contributed by atoms with Crippen LogP contribution in [0.5, 0.6) is 0 Å². The molecule has 1 fully saturated rings. The Morgan fingerprint density at radius 1 is 1.04 bits per heavy atom. The highest BCUT2D eigenvalue weighted by Gasteiger charge is 2.38. The molecule has 1 aliphatic heterocycles. The molecule has 144 valence electrons. The first kappa shape index (κ1) is 19.1. The summed E-state index contributed by atoms with van der Waals surface area (Å²) in [7, 11) is 3.93. The summed E-state index contributed by atoms with van der Waals surface area (Å²) in [5, 5.41) is 0. The Hall–Kier alpha value is -3.68. The van der Waals surface area contributed by atoms with Crippen LogP contribution in [0.3, 0.4) is 0 Å². The number of nitrogens with zero attached hydrogens (tertiary/aromatic N) is 2. The third-order valence-corrected chi connectivity index (χ3v) is 4.47. The van der Waals surface area contributed by atoms with Crippen LogP contribution in [0.2, 0.25) is 0 Å². The SMILES string of the molecule is COC(=O)c1ccc(-c2ccc(C=C3C(=O)N(C)C(=O)N(C)C3=O)o2)c(C)c1. The van der Waals surface area contributed by atoms with E-state index in [0.29, 0.717) is 17.1 Å². The van der Waals surface area contributed by atoms with E-state index >= 15 is 0 Å². The van der Waals surface area contributed by atoms with Crippen molar-refractivity contribution in [3.05, 3.63) is 52.8 Å². The maximum absolute atomic E-state index is 12.3. The zero-order valence-electron chi connectivity index (χ0n) is 15.8. The first-order chi connectivity index (χ1) is 13.2. The molecule has 0 radical (unpaired) electrons. The minimum atomic E-state index is -0.690. The van der Waals surface area contributed by atoms with Crippen LogP contribution in [0.15, 0.2) is 40.3 Å². The Balaban J connectivity index is 1.94. The van der Waals surface area contributed by atoms with E-state index in [1.165, 1.54) is 27.3 Å². The summed E-state index contributed by atoms with van der Waals surface area (Å²) in [6.45, 7) is 1.83. The lowest BCUT2D eigenvalue weighted by molar-refractivity contribution is -0.134. The number of amides is 4. The molecule has 2 heterocycles. The van der Waals surface area contributed by atoms with Gasteiger partial charge in [-0.15, -0.1) is 0 Å². The molecule has 0 spiro atoms. The molecule has 3 rings (SSSR count). The van der Waals surface area contributed by atoms with E-state index in [4.69, 9.17) is 9.15 Å². The fourth-order valence-electron chi connectivity index (χ4n) is 2.88. The molecule has 1 saturated heterocycles. The Bertz CT molecular complexity index is 1010. The third-order valence-electron chi connectivity index (χ3n) is 4.47. The minimum Gasteiger partial charge on any atom is -0.465 e. The number of carbonyl (C=O) groups is 4. The number of likely N-dealkylation sites (N-methyl/N-ethyl adjacent to an activating group) is 2. The van der Waals surface area contributed by atoms with Crippen LogP contribution >= 0.6 is 0 Å². The van der Waals surface area contributed by atoms with Gasteiger partial charge >= 0.3 is 12.0 Å². The maximum atomic E-state index is 12.3. The number of ether oxygens (including phenoxy) is 1. The molecule has 2 aromatic rings. The van der Waals surface area contributed by atoms with Crippen LogP contribution in [-0.4, -0.2) is 54.8 Å². The monoisotopic (exact) mass is 382 g/mol. The molecular weight excluding hydrogens is 364 g/mol. The Kier molecular flexibility index (Phi) is 4.87. The first-order valence-electron chi connectivity index (χ1n) is 8.35. The Morgan fingerprint density at radius 3 is 2.25 bits per heavy atom. The second kappa shape index (κ2) is 7.15. The molecule has 8 nitrogen and oxygen atoms in total. The van der Waals surface area contributed by atoms with E-state index in [0.717, 1.165) is 20.9 Å². The van der Waals surface area contributed by atoms with Gasteiger partial charge in [-0.2, -0.15) is 0 Å². The number of hydrogen-bond acceptors (Lipinski definition) is 6. The topological polar surface area (TPSA) is 97.1 Å². The van der Waals surface area contributed by atoms with Gasteiger partial charge in [0.05, 0.1) is 12.7 Å². The number of furan rings is 1. The van der Waals surface area contributed by atoms with Crippen molar-refractivity contribution in [1.29, 1.82) is 0 Å². The average Bonchev–Trinajstić information content (AvgIpc) is 3.15. The quantitative estimate of drug-likeness (QED) is 0.460. The summed E-state index contributed by atoms with van der Waals surface area (Å²) in [6.07, 6.45) is 1.31. The van der Waals surface area contributed by atoms with E-state index in [1.54, 1.807) is 30.3 Å². The predicted molar refractivity (Wildman–Crippen MR) is 99.1 cm³/mol. The highest BCUT2D eigenvalue weighted by molar-refractivity contribution is 6.30. The van der Waals surface area contributed by atoms with Crippen molar-refractivity contribution in [2.24, 2.45) is 0 Å². The van der Waals surface area contributed by atoms with Crippen molar-refractivity contribution >= 4 is 29.9 Å². The van der Waals surface area contributed by atoms with Crippen LogP contribution < -0.4 is 0 Å². The highest BCUT2D eigenvalue weighted by atomic mass is 16.5. The maximum Gasteiger partial charge on any atom is 0.337 e. The van der Waals surface area contributed by atoms with Crippen LogP contribution in [0.4, 0.5) is 4.79 Å². The van der Waals surface area contributed by atoms with Crippen LogP contribution in [0.1, 0.15) is 21.7 Å². The number of imide groups is 2. The van der Waals surface area contributed by atoms with Crippen LogP contribution in [0, 0.1) is 6.92 Å². The van der Waals surface area contributed by atoms with E-state index < -0.39 is 23.8 Å². The normalized spacial score (nSPS) is 14.6. The number of aryl methyl sites for hydroxylation is 1. The highest BCUT2D eigenvalue weighted by Crippen LogP contribution is 2.28. The summed E-state index contributed by atoms with van der Waals surface area (Å²) >= 11 is 0. The summed E-state index contributed by atoms with van der Waals surface area (Å²) in [6, 6.07) is 7.67.